The Morgan fingerprint density at radius 3 is 1.85 bits per heavy atom. The van der Waals surface area contributed by atoms with Crippen LogP contribution in [0.15, 0.2) is 180 Å². The summed E-state index contributed by atoms with van der Waals surface area (Å²) in [5.41, 5.74) is 10.6. The van der Waals surface area contributed by atoms with Crippen molar-refractivity contribution >= 4 is 64.4 Å². The summed E-state index contributed by atoms with van der Waals surface area (Å²) in [6.07, 6.45) is 0. The van der Waals surface area contributed by atoms with Gasteiger partial charge >= 0.3 is 0 Å². The van der Waals surface area contributed by atoms with Gasteiger partial charge in [-0.05, 0) is 46.8 Å². The van der Waals surface area contributed by atoms with Gasteiger partial charge in [-0.2, -0.15) is 0 Å². The van der Waals surface area contributed by atoms with E-state index in [1.807, 2.05) is 24.3 Å². The highest BCUT2D eigenvalue weighted by molar-refractivity contribution is 7.26. The molecule has 4 aromatic heterocycles. The van der Waals surface area contributed by atoms with Crippen LogP contribution >= 0.6 is 11.3 Å². The van der Waals surface area contributed by atoms with Crippen molar-refractivity contribution in [2.45, 2.75) is 0 Å². The lowest BCUT2D eigenvalue weighted by Crippen LogP contribution is -1.96. The molecule has 4 heterocycles. The van der Waals surface area contributed by atoms with E-state index in [-0.39, 0.29) is 0 Å². The maximum absolute atomic E-state index is 6.28. The topological polar surface area (TPSA) is 51.8 Å². The van der Waals surface area contributed by atoms with Crippen LogP contribution in [0.25, 0.3) is 109 Å². The molecule has 0 saturated carbocycles. The second kappa shape index (κ2) is 12.3. The highest BCUT2D eigenvalue weighted by atomic mass is 32.1. The molecule has 0 aliphatic rings. The molecule has 0 bridgehead atoms. The van der Waals surface area contributed by atoms with Crippen molar-refractivity contribution in [1.29, 1.82) is 0 Å². The molecule has 0 N–H and O–H groups in total. The largest absolute Gasteiger partial charge is 0.438 e. The molecule has 0 unspecified atom stereocenters. The third-order valence-corrected chi connectivity index (χ3v) is 11.6. The lowest BCUT2D eigenvalue weighted by Gasteiger charge is -2.11. The van der Waals surface area contributed by atoms with Crippen LogP contribution in [0.2, 0.25) is 0 Å². The van der Waals surface area contributed by atoms with Gasteiger partial charge in [-0.3, -0.25) is 0 Å². The van der Waals surface area contributed by atoms with E-state index in [2.05, 4.69) is 152 Å². The van der Waals surface area contributed by atoms with Gasteiger partial charge in [0, 0.05) is 53.2 Å². The zero-order chi connectivity index (χ0) is 35.6. The van der Waals surface area contributed by atoms with Crippen LogP contribution in [0, 0.1) is 0 Å². The van der Waals surface area contributed by atoms with Crippen molar-refractivity contribution in [2.24, 2.45) is 0 Å². The van der Waals surface area contributed by atoms with E-state index in [4.69, 9.17) is 19.4 Å². The fourth-order valence-electron chi connectivity index (χ4n) is 7.74. The number of para-hydroxylation sites is 1. The number of fused-ring (bicyclic) bond motifs is 8. The molecule has 0 saturated heterocycles. The number of hydrogen-bond acceptors (Lipinski definition) is 5. The van der Waals surface area contributed by atoms with Crippen molar-refractivity contribution in [3.63, 3.8) is 0 Å². The van der Waals surface area contributed by atoms with E-state index in [0.29, 0.717) is 5.71 Å². The molecule has 54 heavy (non-hydrogen) atoms. The fraction of sp³-hybridized carbons (Fsp3) is 0. The SMILES string of the molecule is c1ccc(-c2cc(-c3ccc(-c4cccc(-c5nc6oc7ccccc7c6c6ccccc56)c4)cc3)nc(-c3cccc4c3sc3ccccc34)n2)cc1. The first kappa shape index (κ1) is 30.7. The lowest BCUT2D eigenvalue weighted by molar-refractivity contribution is 0.655. The van der Waals surface area contributed by atoms with Crippen LogP contribution in [0.3, 0.4) is 0 Å². The number of furan rings is 1. The quantitative estimate of drug-likeness (QED) is 0.179. The Hall–Kier alpha value is -6.95. The summed E-state index contributed by atoms with van der Waals surface area (Å²) in [7, 11) is 0. The van der Waals surface area contributed by atoms with Crippen LogP contribution in [0.1, 0.15) is 0 Å². The summed E-state index contributed by atoms with van der Waals surface area (Å²) >= 11 is 1.80. The highest BCUT2D eigenvalue weighted by Gasteiger charge is 2.18. The average molecular weight is 708 g/mol. The molecule has 0 amide bonds. The molecule has 4 nitrogen and oxygen atoms in total. The van der Waals surface area contributed by atoms with E-state index < -0.39 is 0 Å². The smallest absolute Gasteiger partial charge is 0.228 e. The van der Waals surface area contributed by atoms with E-state index in [9.17, 15) is 0 Å². The van der Waals surface area contributed by atoms with Gasteiger partial charge in [-0.25, -0.2) is 15.0 Å². The molecule has 0 spiro atoms. The molecule has 11 aromatic rings. The summed E-state index contributed by atoms with van der Waals surface area (Å²) in [4.78, 5) is 15.5. The van der Waals surface area contributed by atoms with Gasteiger partial charge in [0.2, 0.25) is 5.71 Å². The van der Waals surface area contributed by atoms with Gasteiger partial charge in [0.15, 0.2) is 5.82 Å². The zero-order valence-corrected chi connectivity index (χ0v) is 29.7. The summed E-state index contributed by atoms with van der Waals surface area (Å²) in [5, 5.41) is 6.87. The molecule has 0 aliphatic carbocycles. The number of benzene rings is 7. The van der Waals surface area contributed by atoms with Crippen molar-refractivity contribution in [3.05, 3.63) is 176 Å². The first-order valence-electron chi connectivity index (χ1n) is 18.0. The van der Waals surface area contributed by atoms with Crippen LogP contribution in [-0.4, -0.2) is 15.0 Å². The number of thiophene rings is 1. The van der Waals surface area contributed by atoms with Crippen LogP contribution in [0.4, 0.5) is 0 Å². The van der Waals surface area contributed by atoms with E-state index in [1.165, 1.54) is 20.2 Å². The minimum absolute atomic E-state index is 0.655. The van der Waals surface area contributed by atoms with Crippen LogP contribution in [-0.2, 0) is 0 Å². The highest BCUT2D eigenvalue weighted by Crippen LogP contribution is 2.41. The minimum atomic E-state index is 0.655. The third kappa shape index (κ3) is 5.01. The second-order valence-corrected chi connectivity index (χ2v) is 14.6. The van der Waals surface area contributed by atoms with Gasteiger partial charge in [0.25, 0.3) is 0 Å². The predicted octanol–water partition coefficient (Wildman–Crippen LogP) is 13.6. The standard InChI is InChI=1S/C49H29N3OS/c1-2-12-31(13-3-1)41-29-42(51-48(50-41)40-21-11-20-38-35-16-7-9-23-44(35)54-47(38)40)32-26-24-30(25-27-32)33-14-10-15-34(28-33)46-37-18-5-4-17-36(37)45-39-19-6-8-22-43(39)53-49(45)52-46/h1-29H. The normalized spacial score (nSPS) is 11.7. The van der Waals surface area contributed by atoms with Crippen molar-refractivity contribution in [3.8, 4) is 56.3 Å². The Kier molecular flexibility index (Phi) is 7.00. The minimum Gasteiger partial charge on any atom is -0.438 e. The van der Waals surface area contributed by atoms with Gasteiger partial charge in [0.05, 0.1) is 22.5 Å². The second-order valence-electron chi connectivity index (χ2n) is 13.6. The summed E-state index contributed by atoms with van der Waals surface area (Å²) in [5.74, 6) is 0.724. The van der Waals surface area contributed by atoms with Gasteiger partial charge < -0.3 is 4.42 Å². The Labute approximate surface area is 314 Å². The molecule has 11 rings (SSSR count). The fourth-order valence-corrected chi connectivity index (χ4v) is 8.95. The van der Waals surface area contributed by atoms with E-state index in [1.54, 1.807) is 11.3 Å². The Balaban J connectivity index is 1.00. The van der Waals surface area contributed by atoms with Crippen LogP contribution < -0.4 is 0 Å². The summed E-state index contributed by atoms with van der Waals surface area (Å²) in [6, 6.07) is 61.4. The first-order valence-corrected chi connectivity index (χ1v) is 18.8. The van der Waals surface area contributed by atoms with Gasteiger partial charge in [-0.1, -0.05) is 146 Å². The molecule has 0 aliphatic heterocycles. The number of pyridine rings is 1. The molecule has 0 atom stereocenters. The van der Waals surface area contributed by atoms with Crippen LogP contribution in [0.5, 0.6) is 0 Å². The molecular formula is C49H29N3OS. The Bertz CT molecular complexity index is 3220. The molecule has 7 aromatic carbocycles. The average Bonchev–Trinajstić information content (AvgIpc) is 3.82. The van der Waals surface area contributed by atoms with E-state index in [0.717, 1.165) is 83.4 Å². The van der Waals surface area contributed by atoms with Crippen molar-refractivity contribution in [1.82, 2.24) is 15.0 Å². The number of aromatic nitrogens is 3. The monoisotopic (exact) mass is 707 g/mol. The summed E-state index contributed by atoms with van der Waals surface area (Å²) < 4.78 is 8.74. The molecule has 0 fully saturated rings. The van der Waals surface area contributed by atoms with E-state index >= 15 is 0 Å². The molecule has 0 radical (unpaired) electrons. The number of rotatable bonds is 5. The molecular weight excluding hydrogens is 679 g/mol. The van der Waals surface area contributed by atoms with Crippen molar-refractivity contribution < 1.29 is 4.42 Å². The van der Waals surface area contributed by atoms with Gasteiger partial charge in [-0.15, -0.1) is 11.3 Å². The summed E-state index contributed by atoms with van der Waals surface area (Å²) in [6.45, 7) is 0. The lowest BCUT2D eigenvalue weighted by atomic mass is 9.96. The predicted molar refractivity (Wildman–Crippen MR) is 225 cm³/mol. The number of nitrogens with zero attached hydrogens (tertiary/aromatic N) is 3. The first-order chi connectivity index (χ1) is 26.7. The maximum atomic E-state index is 6.28. The van der Waals surface area contributed by atoms with Crippen molar-refractivity contribution in [2.75, 3.05) is 0 Å². The maximum Gasteiger partial charge on any atom is 0.228 e. The Morgan fingerprint density at radius 1 is 0.407 bits per heavy atom. The van der Waals surface area contributed by atoms with Gasteiger partial charge in [0.1, 0.15) is 5.58 Å². The zero-order valence-electron chi connectivity index (χ0n) is 28.9. The molecule has 252 valence electrons. The number of hydrogen-bond donors (Lipinski definition) is 0. The molecule has 5 heteroatoms. The third-order valence-electron chi connectivity index (χ3n) is 10.3. The Morgan fingerprint density at radius 2 is 1.02 bits per heavy atom.